The smallest absolute Gasteiger partial charge is 0.224 e. The molecular weight excluding hydrogens is 284 g/mol. The van der Waals surface area contributed by atoms with Crippen LogP contribution in [0.2, 0.25) is 0 Å². The Labute approximate surface area is 128 Å². The van der Waals surface area contributed by atoms with E-state index in [1.807, 2.05) is 25.1 Å². The summed E-state index contributed by atoms with van der Waals surface area (Å²) in [7, 11) is 0. The zero-order chi connectivity index (χ0) is 15.1. The zero-order valence-electron chi connectivity index (χ0n) is 11.9. The van der Waals surface area contributed by atoms with Crippen molar-refractivity contribution in [1.82, 2.24) is 9.97 Å². The number of anilines is 2. The molecule has 2 rings (SSSR count). The summed E-state index contributed by atoms with van der Waals surface area (Å²) in [5.41, 5.74) is 8.18. The molecule has 0 radical (unpaired) electrons. The molecule has 0 aliphatic carbocycles. The Morgan fingerprint density at radius 1 is 1.38 bits per heavy atom. The van der Waals surface area contributed by atoms with Crippen LogP contribution >= 0.6 is 11.8 Å². The number of aromatic nitrogens is 2. The Bertz CT molecular complexity index is 604. The molecule has 0 aliphatic rings. The lowest BCUT2D eigenvalue weighted by Crippen LogP contribution is -2.12. The Kier molecular flexibility index (Phi) is 5.57. The number of thioether (sulfide) groups is 1. The van der Waals surface area contributed by atoms with Gasteiger partial charge in [-0.25, -0.2) is 4.98 Å². The number of rotatable bonds is 6. The number of hydrogen-bond acceptors (Lipinski definition) is 5. The van der Waals surface area contributed by atoms with Crippen molar-refractivity contribution < 1.29 is 4.79 Å². The second-order valence-corrected chi connectivity index (χ2v) is 5.68. The highest BCUT2D eigenvalue weighted by Crippen LogP contribution is 2.21. The van der Waals surface area contributed by atoms with Gasteiger partial charge in [-0.2, -0.15) is 0 Å². The number of amides is 1. The third kappa shape index (κ3) is 4.75. The summed E-state index contributed by atoms with van der Waals surface area (Å²) in [5.74, 6) is 0.839. The molecule has 0 spiro atoms. The van der Waals surface area contributed by atoms with Crippen LogP contribution in [0.5, 0.6) is 0 Å². The van der Waals surface area contributed by atoms with Crippen LogP contribution in [0.1, 0.15) is 18.4 Å². The molecule has 1 heterocycles. The molecule has 21 heavy (non-hydrogen) atoms. The maximum Gasteiger partial charge on any atom is 0.224 e. The van der Waals surface area contributed by atoms with Crippen molar-refractivity contribution >= 4 is 29.0 Å². The molecule has 0 bridgehead atoms. The molecule has 2 aromatic rings. The topological polar surface area (TPSA) is 80.9 Å². The highest BCUT2D eigenvalue weighted by molar-refractivity contribution is 7.99. The van der Waals surface area contributed by atoms with Crippen molar-refractivity contribution in [2.45, 2.75) is 24.8 Å². The number of carbonyl (C=O) groups excluding carboxylic acids is 1. The first-order chi connectivity index (χ1) is 10.2. The van der Waals surface area contributed by atoms with Crippen LogP contribution in [0.25, 0.3) is 0 Å². The fraction of sp³-hybridized carbons (Fsp3) is 0.267. The lowest BCUT2D eigenvalue weighted by atomic mass is 10.1. The van der Waals surface area contributed by atoms with Gasteiger partial charge in [0.2, 0.25) is 5.91 Å². The average molecular weight is 302 g/mol. The molecule has 3 N–H and O–H groups in total. The average Bonchev–Trinajstić information content (AvgIpc) is 2.49. The summed E-state index contributed by atoms with van der Waals surface area (Å²) in [6, 6.07) is 5.52. The van der Waals surface area contributed by atoms with Crippen LogP contribution in [0.3, 0.4) is 0 Å². The van der Waals surface area contributed by atoms with Crippen LogP contribution in [0.4, 0.5) is 11.4 Å². The van der Waals surface area contributed by atoms with Crippen LogP contribution < -0.4 is 11.1 Å². The SMILES string of the molecule is Cc1c(N)cccc1NC(=O)CCCSc1cnccn1. The Balaban J connectivity index is 1.74. The lowest BCUT2D eigenvalue weighted by molar-refractivity contribution is -0.116. The van der Waals surface area contributed by atoms with Gasteiger partial charge < -0.3 is 11.1 Å². The molecular formula is C15H18N4OS. The van der Waals surface area contributed by atoms with Gasteiger partial charge in [0.05, 0.1) is 6.20 Å². The Morgan fingerprint density at radius 2 is 2.24 bits per heavy atom. The quantitative estimate of drug-likeness (QED) is 0.487. The largest absolute Gasteiger partial charge is 0.398 e. The fourth-order valence-electron chi connectivity index (χ4n) is 1.77. The van der Waals surface area contributed by atoms with E-state index in [0.717, 1.165) is 28.5 Å². The van der Waals surface area contributed by atoms with Crippen molar-refractivity contribution in [3.63, 3.8) is 0 Å². The number of carbonyl (C=O) groups is 1. The van der Waals surface area contributed by atoms with E-state index in [9.17, 15) is 4.79 Å². The van der Waals surface area contributed by atoms with Gasteiger partial charge in [-0.05, 0) is 31.0 Å². The summed E-state index contributed by atoms with van der Waals surface area (Å²) in [6.45, 7) is 1.90. The normalized spacial score (nSPS) is 10.3. The number of benzene rings is 1. The van der Waals surface area contributed by atoms with Gasteiger partial charge in [0.15, 0.2) is 0 Å². The minimum atomic E-state index is 0.00319. The first-order valence-electron chi connectivity index (χ1n) is 6.70. The highest BCUT2D eigenvalue weighted by atomic mass is 32.2. The van der Waals surface area contributed by atoms with Crippen molar-refractivity contribution in [2.24, 2.45) is 0 Å². The molecule has 0 unspecified atom stereocenters. The Hall–Kier alpha value is -2.08. The van der Waals surface area contributed by atoms with Gasteiger partial charge in [-0.3, -0.25) is 9.78 Å². The zero-order valence-corrected chi connectivity index (χ0v) is 12.7. The lowest BCUT2D eigenvalue weighted by Gasteiger charge is -2.09. The molecule has 110 valence electrons. The molecule has 1 aromatic heterocycles. The first kappa shape index (κ1) is 15.3. The molecule has 6 heteroatoms. The molecule has 0 saturated carbocycles. The van der Waals surface area contributed by atoms with Crippen molar-refractivity contribution in [3.8, 4) is 0 Å². The third-order valence-corrected chi connectivity index (χ3v) is 3.99. The maximum atomic E-state index is 11.9. The van der Waals surface area contributed by atoms with E-state index in [0.29, 0.717) is 12.1 Å². The summed E-state index contributed by atoms with van der Waals surface area (Å²) < 4.78 is 0. The van der Waals surface area contributed by atoms with Gasteiger partial charge in [0.25, 0.3) is 0 Å². The van der Waals surface area contributed by atoms with E-state index >= 15 is 0 Å². The van der Waals surface area contributed by atoms with E-state index in [1.54, 1.807) is 30.4 Å². The number of nitrogens with one attached hydrogen (secondary N) is 1. The minimum absolute atomic E-state index is 0.00319. The van der Waals surface area contributed by atoms with Crippen LogP contribution in [0.15, 0.2) is 41.8 Å². The third-order valence-electron chi connectivity index (χ3n) is 2.99. The van der Waals surface area contributed by atoms with Crippen LogP contribution in [-0.4, -0.2) is 21.6 Å². The van der Waals surface area contributed by atoms with Crippen LogP contribution in [0, 0.1) is 6.92 Å². The van der Waals surface area contributed by atoms with Crippen molar-refractivity contribution in [2.75, 3.05) is 16.8 Å². The number of nitrogens with zero attached hydrogens (tertiary/aromatic N) is 2. The van der Waals surface area contributed by atoms with Gasteiger partial charge in [-0.1, -0.05) is 6.07 Å². The standard InChI is InChI=1S/C15H18N4OS/c1-11-12(16)4-2-5-13(11)19-14(20)6-3-9-21-15-10-17-7-8-18-15/h2,4-5,7-8,10H,3,6,9,16H2,1H3,(H,19,20). The molecule has 1 aromatic carbocycles. The fourth-order valence-corrected chi connectivity index (χ4v) is 2.54. The van der Waals surface area contributed by atoms with E-state index in [4.69, 9.17) is 5.73 Å². The molecule has 5 nitrogen and oxygen atoms in total. The summed E-state index contributed by atoms with van der Waals surface area (Å²) in [6.07, 6.45) is 6.29. The predicted octanol–water partition coefficient (Wildman–Crippen LogP) is 2.88. The van der Waals surface area contributed by atoms with Gasteiger partial charge >= 0.3 is 0 Å². The maximum absolute atomic E-state index is 11.9. The van der Waals surface area contributed by atoms with Gasteiger partial charge in [0.1, 0.15) is 5.03 Å². The van der Waals surface area contributed by atoms with E-state index in [1.165, 1.54) is 0 Å². The van der Waals surface area contributed by atoms with Crippen LogP contribution in [-0.2, 0) is 4.79 Å². The molecule has 0 atom stereocenters. The summed E-state index contributed by atoms with van der Waals surface area (Å²) in [5, 5.41) is 3.77. The van der Waals surface area contributed by atoms with Crippen molar-refractivity contribution in [1.29, 1.82) is 0 Å². The summed E-state index contributed by atoms with van der Waals surface area (Å²) in [4.78, 5) is 20.1. The molecule has 0 saturated heterocycles. The van der Waals surface area contributed by atoms with E-state index in [-0.39, 0.29) is 5.91 Å². The number of hydrogen-bond donors (Lipinski definition) is 2. The monoisotopic (exact) mass is 302 g/mol. The molecule has 0 fully saturated rings. The van der Waals surface area contributed by atoms with E-state index in [2.05, 4.69) is 15.3 Å². The number of nitrogen functional groups attached to an aromatic ring is 1. The second-order valence-electron chi connectivity index (χ2n) is 4.56. The van der Waals surface area contributed by atoms with Gasteiger partial charge in [-0.15, -0.1) is 11.8 Å². The molecule has 0 aliphatic heterocycles. The minimum Gasteiger partial charge on any atom is -0.398 e. The first-order valence-corrected chi connectivity index (χ1v) is 7.69. The summed E-state index contributed by atoms with van der Waals surface area (Å²) >= 11 is 1.60. The highest BCUT2D eigenvalue weighted by Gasteiger charge is 2.06. The second kappa shape index (κ2) is 7.64. The van der Waals surface area contributed by atoms with Crippen molar-refractivity contribution in [3.05, 3.63) is 42.4 Å². The number of nitrogens with two attached hydrogens (primary N) is 1. The molecule has 1 amide bonds. The Morgan fingerprint density at radius 3 is 3.00 bits per heavy atom. The predicted molar refractivity (Wildman–Crippen MR) is 86.2 cm³/mol. The van der Waals surface area contributed by atoms with Gasteiger partial charge in [0, 0.05) is 35.9 Å². The van der Waals surface area contributed by atoms with E-state index < -0.39 is 0 Å².